The van der Waals surface area contributed by atoms with Crippen molar-refractivity contribution in [3.8, 4) is 0 Å². The summed E-state index contributed by atoms with van der Waals surface area (Å²) in [5, 5.41) is 4.14. The Hall–Kier alpha value is -0.770. The highest BCUT2D eigenvalue weighted by molar-refractivity contribution is 6.35. The molecule has 0 aromatic heterocycles. The third-order valence-corrected chi connectivity index (χ3v) is 3.93. The number of hydrogen-bond donors (Lipinski definition) is 1. The van der Waals surface area contributed by atoms with Crippen LogP contribution in [0.25, 0.3) is 0 Å². The molecule has 1 N–H and O–H groups in total. The Morgan fingerprint density at radius 1 is 1.47 bits per heavy atom. The minimum absolute atomic E-state index is 0.0212. The SMILES string of the molecule is C[C@H](NC(=O)CN(C)C1CC1)c1ccc(Cl)cc1Cl. The first kappa shape index (κ1) is 14.6. The van der Waals surface area contributed by atoms with Crippen molar-refractivity contribution in [2.24, 2.45) is 0 Å². The Labute approximate surface area is 123 Å². The molecule has 1 fully saturated rings. The zero-order chi connectivity index (χ0) is 14.0. The lowest BCUT2D eigenvalue weighted by Crippen LogP contribution is -2.37. The van der Waals surface area contributed by atoms with Gasteiger partial charge in [-0.25, -0.2) is 0 Å². The van der Waals surface area contributed by atoms with Crippen molar-refractivity contribution >= 4 is 29.1 Å². The van der Waals surface area contributed by atoms with E-state index in [0.29, 0.717) is 22.6 Å². The minimum Gasteiger partial charge on any atom is -0.348 e. The number of amides is 1. The van der Waals surface area contributed by atoms with Gasteiger partial charge in [0.2, 0.25) is 5.91 Å². The molecule has 0 radical (unpaired) electrons. The summed E-state index contributed by atoms with van der Waals surface area (Å²) in [6.45, 7) is 2.35. The summed E-state index contributed by atoms with van der Waals surface area (Å²) in [5.41, 5.74) is 0.883. The lowest BCUT2D eigenvalue weighted by molar-refractivity contribution is -0.122. The van der Waals surface area contributed by atoms with Gasteiger partial charge in [-0.3, -0.25) is 9.69 Å². The lowest BCUT2D eigenvalue weighted by atomic mass is 10.1. The standard InChI is InChI=1S/C14H18Cl2N2O/c1-9(12-6-3-10(15)7-13(12)16)17-14(19)8-18(2)11-4-5-11/h3,6-7,9,11H,4-5,8H2,1-2H3,(H,17,19)/t9-/m0/s1. The van der Waals surface area contributed by atoms with E-state index in [1.54, 1.807) is 12.1 Å². The fourth-order valence-electron chi connectivity index (χ4n) is 2.09. The van der Waals surface area contributed by atoms with Gasteiger partial charge in [0.25, 0.3) is 0 Å². The first-order chi connectivity index (χ1) is 8.97. The zero-order valence-corrected chi connectivity index (χ0v) is 12.6. The molecule has 1 aliphatic rings. The predicted molar refractivity (Wildman–Crippen MR) is 78.7 cm³/mol. The Bertz CT molecular complexity index is 475. The highest BCUT2D eigenvalue weighted by atomic mass is 35.5. The van der Waals surface area contributed by atoms with Gasteiger partial charge in [-0.1, -0.05) is 29.3 Å². The van der Waals surface area contributed by atoms with Gasteiger partial charge >= 0.3 is 0 Å². The number of nitrogens with zero attached hydrogens (tertiary/aromatic N) is 1. The monoisotopic (exact) mass is 300 g/mol. The van der Waals surface area contributed by atoms with Crippen molar-refractivity contribution in [2.45, 2.75) is 31.8 Å². The number of carbonyl (C=O) groups excluding carboxylic acids is 1. The molecule has 2 rings (SSSR count). The van der Waals surface area contributed by atoms with E-state index in [1.165, 1.54) is 12.8 Å². The average molecular weight is 301 g/mol. The van der Waals surface area contributed by atoms with Crippen LogP contribution >= 0.6 is 23.2 Å². The molecule has 0 heterocycles. The molecule has 1 aromatic carbocycles. The maximum absolute atomic E-state index is 11.9. The lowest BCUT2D eigenvalue weighted by Gasteiger charge is -2.19. The summed E-state index contributed by atoms with van der Waals surface area (Å²) in [5.74, 6) is 0.0212. The van der Waals surface area contributed by atoms with Gasteiger partial charge in [0.1, 0.15) is 0 Å². The molecule has 1 aliphatic carbocycles. The summed E-state index contributed by atoms with van der Waals surface area (Å²) in [6, 6.07) is 5.78. The van der Waals surface area contributed by atoms with Crippen LogP contribution in [0.3, 0.4) is 0 Å². The van der Waals surface area contributed by atoms with E-state index >= 15 is 0 Å². The molecule has 1 amide bonds. The van der Waals surface area contributed by atoms with Crippen molar-refractivity contribution < 1.29 is 4.79 Å². The molecule has 19 heavy (non-hydrogen) atoms. The van der Waals surface area contributed by atoms with Crippen LogP contribution in [-0.2, 0) is 4.79 Å². The number of rotatable bonds is 5. The van der Waals surface area contributed by atoms with Crippen LogP contribution in [0.1, 0.15) is 31.4 Å². The third kappa shape index (κ3) is 4.10. The molecule has 0 aliphatic heterocycles. The van der Waals surface area contributed by atoms with Crippen molar-refractivity contribution in [3.05, 3.63) is 33.8 Å². The second kappa shape index (κ2) is 6.12. The van der Waals surface area contributed by atoms with Crippen LogP contribution in [-0.4, -0.2) is 30.4 Å². The minimum atomic E-state index is -0.120. The van der Waals surface area contributed by atoms with Crippen LogP contribution in [0.15, 0.2) is 18.2 Å². The molecule has 0 spiro atoms. The molecule has 5 heteroatoms. The molecule has 0 bridgehead atoms. The highest BCUT2D eigenvalue weighted by Gasteiger charge is 2.27. The molecule has 0 saturated heterocycles. The first-order valence-corrected chi connectivity index (χ1v) is 7.17. The molecule has 1 atom stereocenters. The van der Waals surface area contributed by atoms with Gasteiger partial charge in [0.05, 0.1) is 12.6 Å². The van der Waals surface area contributed by atoms with Crippen molar-refractivity contribution in [2.75, 3.05) is 13.6 Å². The van der Waals surface area contributed by atoms with Gasteiger partial charge in [0.15, 0.2) is 0 Å². The Balaban J connectivity index is 1.92. The van der Waals surface area contributed by atoms with E-state index in [2.05, 4.69) is 10.2 Å². The summed E-state index contributed by atoms with van der Waals surface area (Å²) in [7, 11) is 1.98. The van der Waals surface area contributed by atoms with Crippen LogP contribution in [0, 0.1) is 0 Å². The van der Waals surface area contributed by atoms with Crippen LogP contribution in [0.5, 0.6) is 0 Å². The van der Waals surface area contributed by atoms with E-state index in [4.69, 9.17) is 23.2 Å². The number of nitrogens with one attached hydrogen (secondary N) is 1. The fraction of sp³-hybridized carbons (Fsp3) is 0.500. The van der Waals surface area contributed by atoms with Crippen LogP contribution in [0.2, 0.25) is 10.0 Å². The summed E-state index contributed by atoms with van der Waals surface area (Å²) in [4.78, 5) is 14.0. The number of likely N-dealkylation sites (N-methyl/N-ethyl adjacent to an activating group) is 1. The van der Waals surface area contributed by atoms with E-state index in [1.807, 2.05) is 20.0 Å². The fourth-order valence-corrected chi connectivity index (χ4v) is 2.66. The number of halogens is 2. The molecule has 1 saturated carbocycles. The zero-order valence-electron chi connectivity index (χ0n) is 11.1. The highest BCUT2D eigenvalue weighted by Crippen LogP contribution is 2.27. The van der Waals surface area contributed by atoms with Crippen LogP contribution < -0.4 is 5.32 Å². The summed E-state index contributed by atoms with van der Waals surface area (Å²) >= 11 is 12.0. The average Bonchev–Trinajstić information content (AvgIpc) is 3.11. The summed E-state index contributed by atoms with van der Waals surface area (Å²) in [6.07, 6.45) is 2.39. The number of carbonyl (C=O) groups is 1. The smallest absolute Gasteiger partial charge is 0.234 e. The molecule has 1 aromatic rings. The molecular weight excluding hydrogens is 283 g/mol. The van der Waals surface area contributed by atoms with E-state index < -0.39 is 0 Å². The maximum atomic E-state index is 11.9. The van der Waals surface area contributed by atoms with E-state index in [-0.39, 0.29) is 11.9 Å². The molecule has 104 valence electrons. The normalized spacial score (nSPS) is 16.5. The Morgan fingerprint density at radius 2 is 2.16 bits per heavy atom. The van der Waals surface area contributed by atoms with E-state index in [0.717, 1.165) is 5.56 Å². The second-order valence-electron chi connectivity index (χ2n) is 5.10. The van der Waals surface area contributed by atoms with Gasteiger partial charge in [-0.2, -0.15) is 0 Å². The van der Waals surface area contributed by atoms with Gasteiger partial charge < -0.3 is 5.32 Å². The first-order valence-electron chi connectivity index (χ1n) is 6.42. The summed E-state index contributed by atoms with van der Waals surface area (Å²) < 4.78 is 0. The van der Waals surface area contributed by atoms with Crippen molar-refractivity contribution in [1.29, 1.82) is 0 Å². The van der Waals surface area contributed by atoms with Crippen molar-refractivity contribution in [1.82, 2.24) is 10.2 Å². The second-order valence-corrected chi connectivity index (χ2v) is 5.94. The molecule has 3 nitrogen and oxygen atoms in total. The van der Waals surface area contributed by atoms with Gasteiger partial charge in [-0.05, 0) is 44.5 Å². The molecule has 0 unspecified atom stereocenters. The maximum Gasteiger partial charge on any atom is 0.234 e. The third-order valence-electron chi connectivity index (χ3n) is 3.37. The topological polar surface area (TPSA) is 32.3 Å². The van der Waals surface area contributed by atoms with E-state index in [9.17, 15) is 4.79 Å². The van der Waals surface area contributed by atoms with Gasteiger partial charge in [-0.15, -0.1) is 0 Å². The Kier molecular flexibility index (Phi) is 4.71. The van der Waals surface area contributed by atoms with Crippen molar-refractivity contribution in [3.63, 3.8) is 0 Å². The Morgan fingerprint density at radius 3 is 2.74 bits per heavy atom. The largest absolute Gasteiger partial charge is 0.348 e. The number of hydrogen-bond acceptors (Lipinski definition) is 2. The van der Waals surface area contributed by atoms with Gasteiger partial charge in [0, 0.05) is 16.1 Å². The van der Waals surface area contributed by atoms with Crippen LogP contribution in [0.4, 0.5) is 0 Å². The predicted octanol–water partition coefficient (Wildman–Crippen LogP) is 3.26. The molecular formula is C14H18Cl2N2O. The quantitative estimate of drug-likeness (QED) is 0.905. The number of benzene rings is 1.